The average molecular weight is 795 g/mol. The van der Waals surface area contributed by atoms with Crippen LogP contribution in [0.4, 0.5) is 0 Å². The molecule has 6 heterocycles. The largest absolute Gasteiger partial charge is 0.457 e. The first-order valence-electron chi connectivity index (χ1n) is 24.3. The van der Waals surface area contributed by atoms with Crippen molar-refractivity contribution in [2.24, 2.45) is 0 Å². The Kier molecular flexibility index (Phi) is 5.33. The van der Waals surface area contributed by atoms with Crippen molar-refractivity contribution < 1.29 is 17.1 Å². The summed E-state index contributed by atoms with van der Waals surface area (Å²) in [7, 11) is 0. The second-order valence-corrected chi connectivity index (χ2v) is 15.3. The van der Waals surface area contributed by atoms with Crippen LogP contribution in [0.1, 0.15) is 29.2 Å². The van der Waals surface area contributed by atoms with E-state index in [2.05, 4.69) is 4.40 Å². The molecule has 61 heavy (non-hydrogen) atoms. The van der Waals surface area contributed by atoms with Gasteiger partial charge in [0.05, 0.1) is 49.8 Å². The van der Waals surface area contributed by atoms with Crippen molar-refractivity contribution in [3.63, 3.8) is 0 Å². The van der Waals surface area contributed by atoms with Crippen LogP contribution in [0.15, 0.2) is 158 Å². The third kappa shape index (κ3) is 4.87. The zero-order valence-corrected chi connectivity index (χ0v) is 32.0. The van der Waals surface area contributed by atoms with Crippen molar-refractivity contribution in [1.82, 2.24) is 33.3 Å². The maximum absolute atomic E-state index is 8.69. The lowest BCUT2D eigenvalue weighted by Gasteiger charge is -2.15. The van der Waals surface area contributed by atoms with Crippen LogP contribution in [-0.4, -0.2) is 33.3 Å². The van der Waals surface area contributed by atoms with Crippen LogP contribution >= 0.6 is 0 Å². The molecule has 13 aromatic rings. The van der Waals surface area contributed by atoms with Crippen LogP contribution in [-0.2, 0) is 0 Å². The highest BCUT2D eigenvalue weighted by Gasteiger charge is 2.23. The van der Waals surface area contributed by atoms with E-state index in [1.807, 2.05) is 130 Å². The van der Waals surface area contributed by atoms with Crippen LogP contribution in [0.25, 0.3) is 105 Å². The molecular weight excluding hydrogens is 751 g/mol. The minimum absolute atomic E-state index is 0.0883. The molecule has 0 aliphatic carbocycles. The molecule has 0 spiro atoms. The summed E-state index contributed by atoms with van der Waals surface area (Å²) in [4.78, 5) is 19.5. The van der Waals surface area contributed by atoms with E-state index >= 15 is 0 Å². The third-order valence-electron chi connectivity index (χ3n) is 11.8. The minimum atomic E-state index is -2.67. The molecular formula is C53H35N7O. The van der Waals surface area contributed by atoms with Crippen molar-refractivity contribution in [2.75, 3.05) is 0 Å². The van der Waals surface area contributed by atoms with E-state index < -0.39 is 20.6 Å². The number of aromatic nitrogens is 7. The second kappa shape index (κ2) is 12.5. The van der Waals surface area contributed by atoms with Gasteiger partial charge in [-0.3, -0.25) is 13.4 Å². The first-order chi connectivity index (χ1) is 33.6. The Bertz CT molecular complexity index is 4270. The summed E-state index contributed by atoms with van der Waals surface area (Å²) in [6.45, 7) is -7.96. The van der Waals surface area contributed by atoms with Crippen molar-refractivity contribution in [1.29, 1.82) is 0 Å². The van der Waals surface area contributed by atoms with Crippen molar-refractivity contribution in [3.05, 3.63) is 175 Å². The van der Waals surface area contributed by atoms with Gasteiger partial charge < -0.3 is 4.74 Å². The Balaban J connectivity index is 1.02. The molecule has 13 rings (SSSR count). The number of ether oxygens (including phenoxy) is 1. The first-order valence-corrected chi connectivity index (χ1v) is 19.8. The van der Waals surface area contributed by atoms with E-state index in [1.165, 1.54) is 0 Å². The molecule has 0 radical (unpaired) electrons. The van der Waals surface area contributed by atoms with Gasteiger partial charge in [0.2, 0.25) is 5.78 Å². The highest BCUT2D eigenvalue weighted by molar-refractivity contribution is 6.12. The van der Waals surface area contributed by atoms with Crippen LogP contribution < -0.4 is 4.74 Å². The summed E-state index contributed by atoms with van der Waals surface area (Å²) in [5, 5.41) is 2.75. The van der Waals surface area contributed by atoms with Crippen LogP contribution in [0, 0.1) is 20.6 Å². The number of hydrogen-bond donors (Lipinski definition) is 0. The predicted molar refractivity (Wildman–Crippen MR) is 247 cm³/mol. The fourth-order valence-corrected chi connectivity index (χ4v) is 9.28. The number of imidazole rings is 2. The normalized spacial score (nSPS) is 15.0. The van der Waals surface area contributed by atoms with Gasteiger partial charge in [-0.05, 0) is 121 Å². The molecule has 0 bridgehead atoms. The van der Waals surface area contributed by atoms with E-state index in [0.29, 0.717) is 67.0 Å². The van der Waals surface area contributed by atoms with Crippen LogP contribution in [0.5, 0.6) is 11.5 Å². The van der Waals surface area contributed by atoms with E-state index in [9.17, 15) is 0 Å². The van der Waals surface area contributed by atoms with Crippen molar-refractivity contribution >= 4 is 77.1 Å². The molecule has 0 atom stereocenters. The summed E-state index contributed by atoms with van der Waals surface area (Å²) in [6.07, 6.45) is 1.56. The Labute approximate surface area is 361 Å². The molecule has 0 aliphatic rings. The molecule has 288 valence electrons. The number of benzene rings is 7. The monoisotopic (exact) mass is 794 g/mol. The van der Waals surface area contributed by atoms with Gasteiger partial charge in [0, 0.05) is 46.1 Å². The van der Waals surface area contributed by atoms with Crippen molar-refractivity contribution in [2.45, 2.75) is 20.6 Å². The summed E-state index contributed by atoms with van der Waals surface area (Å²) in [5.41, 5.74) is 7.89. The zero-order chi connectivity index (χ0) is 48.0. The van der Waals surface area contributed by atoms with Gasteiger partial charge in [-0.2, -0.15) is 0 Å². The minimum Gasteiger partial charge on any atom is -0.457 e. The average Bonchev–Trinajstić information content (AvgIpc) is 4.00. The fourth-order valence-electron chi connectivity index (χ4n) is 9.28. The van der Waals surface area contributed by atoms with Crippen LogP contribution in [0.3, 0.4) is 0 Å². The lowest BCUT2D eigenvalue weighted by molar-refractivity contribution is 0.484. The van der Waals surface area contributed by atoms with E-state index in [1.54, 1.807) is 36.5 Å². The second-order valence-electron chi connectivity index (χ2n) is 15.3. The Morgan fingerprint density at radius 1 is 0.492 bits per heavy atom. The highest BCUT2D eigenvalue weighted by atomic mass is 16.5. The first kappa shape index (κ1) is 26.1. The summed E-state index contributed by atoms with van der Waals surface area (Å²) < 4.78 is 90.8. The molecule has 0 saturated heterocycles. The Morgan fingerprint density at radius 3 is 2.13 bits per heavy atom. The molecule has 0 saturated carbocycles. The number of fused-ring (bicyclic) bond motifs is 8. The fraction of sp³-hybridized carbons (Fsp3) is 0.0566. The topological polar surface area (TPSA) is 74.5 Å². The molecule has 0 N–H and O–H groups in total. The van der Waals surface area contributed by atoms with Gasteiger partial charge in [0.1, 0.15) is 23.0 Å². The number of rotatable bonds is 5. The van der Waals surface area contributed by atoms with Gasteiger partial charge in [-0.25, -0.2) is 19.9 Å². The maximum atomic E-state index is 8.69. The molecule has 8 heteroatoms. The molecule has 7 aromatic carbocycles. The number of pyridine rings is 1. The standard InChI is InChI=1S/C53H35N7O/c1-30-24-35(33-12-5-4-6-13-33)25-31(2)49(30)34-22-23-54-48(26-34)58-44-17-9-7-14-38(44)39-21-20-36(29-47(39)58)61-37-27-40-32(3)55-53-57-43-16-11-19-46-51(43)60(53)50(40)41(28-37)52-56-42-15-8-10-18-45(42)59(46)52/h4-29H,1-3H3/i1D3,2D3,3D3. The molecule has 6 aromatic heterocycles. The number of nitrogens with zero attached hydrogens (tertiary/aromatic N) is 7. The molecule has 0 amide bonds. The van der Waals surface area contributed by atoms with E-state index in [-0.39, 0.29) is 28.2 Å². The quantitative estimate of drug-likeness (QED) is 0.173. The third-order valence-corrected chi connectivity index (χ3v) is 11.8. The smallest absolute Gasteiger partial charge is 0.235 e. The van der Waals surface area contributed by atoms with E-state index in [4.69, 9.17) is 37.0 Å². The summed E-state index contributed by atoms with van der Waals surface area (Å²) in [6, 6.07) is 46.3. The lowest BCUT2D eigenvalue weighted by Crippen LogP contribution is -1.99. The molecule has 0 unspecified atom stereocenters. The Morgan fingerprint density at radius 2 is 1.26 bits per heavy atom. The SMILES string of the molecule is [2H]C([2H])([2H])c1cc(-c2ccccc2)cc(C([2H])([2H])[2H])c1-c1ccnc(-n2c3ccccc3c3ccc(Oc4cc5c(C([2H])([2H])[2H])nc6nc7cccc8c7n6c5c(c4)c4nc5ccccc5n84)cc32)c1. The van der Waals surface area contributed by atoms with Crippen molar-refractivity contribution in [3.8, 4) is 39.6 Å². The summed E-state index contributed by atoms with van der Waals surface area (Å²) >= 11 is 0. The molecule has 0 fully saturated rings. The van der Waals surface area contributed by atoms with Gasteiger partial charge in [0.15, 0.2) is 0 Å². The number of hydrogen-bond acceptors (Lipinski definition) is 5. The Hall–Kier alpha value is -8.10. The lowest BCUT2D eigenvalue weighted by atomic mass is 9.92. The van der Waals surface area contributed by atoms with Gasteiger partial charge in [0.25, 0.3) is 0 Å². The summed E-state index contributed by atoms with van der Waals surface area (Å²) in [5.74, 6) is 1.43. The number of para-hydroxylation sites is 4. The molecule has 8 nitrogen and oxygen atoms in total. The zero-order valence-electron chi connectivity index (χ0n) is 41.0. The van der Waals surface area contributed by atoms with Gasteiger partial charge >= 0.3 is 0 Å². The molecule has 0 aliphatic heterocycles. The van der Waals surface area contributed by atoms with Gasteiger partial charge in [-0.1, -0.05) is 78.9 Å². The van der Waals surface area contributed by atoms with E-state index in [0.717, 1.165) is 38.4 Å². The highest BCUT2D eigenvalue weighted by Crippen LogP contribution is 2.41. The van der Waals surface area contributed by atoms with Crippen LogP contribution in [0.2, 0.25) is 0 Å². The maximum Gasteiger partial charge on any atom is 0.235 e. The predicted octanol–water partition coefficient (Wildman–Crippen LogP) is 13.0. The number of aryl methyl sites for hydroxylation is 3. The van der Waals surface area contributed by atoms with Gasteiger partial charge in [-0.15, -0.1) is 0 Å².